The number of aromatic nitrogens is 2. The van der Waals surface area contributed by atoms with Crippen molar-refractivity contribution in [1.29, 1.82) is 0 Å². The fraction of sp³-hybridized carbons (Fsp3) is 0.154. The number of nitrogens with one attached hydrogen (secondary N) is 3. The Balaban J connectivity index is 1.28. The maximum atomic E-state index is 12.8. The molecule has 178 valence electrons. The molecule has 3 aromatic carbocycles. The van der Waals surface area contributed by atoms with E-state index in [-0.39, 0.29) is 4.90 Å². The number of aryl methyl sites for hydroxylation is 2. The smallest absolute Gasteiger partial charge is 0.261 e. The average molecular weight is 488 g/mol. The van der Waals surface area contributed by atoms with E-state index in [1.807, 2.05) is 44.2 Å². The van der Waals surface area contributed by atoms with Gasteiger partial charge in [-0.15, -0.1) is 0 Å². The molecule has 0 spiro atoms. The number of ether oxygens (including phenoxy) is 1. The monoisotopic (exact) mass is 487 g/mol. The maximum absolute atomic E-state index is 12.8. The molecule has 4 aromatic rings. The van der Waals surface area contributed by atoms with Crippen LogP contribution in [0.15, 0.2) is 77.7 Å². The molecule has 1 aliphatic rings. The second-order valence-corrected chi connectivity index (χ2v) is 10.1. The van der Waals surface area contributed by atoms with Crippen LogP contribution in [0.2, 0.25) is 0 Å². The van der Waals surface area contributed by atoms with Gasteiger partial charge in [-0.1, -0.05) is 17.7 Å². The molecule has 1 aromatic heterocycles. The summed E-state index contributed by atoms with van der Waals surface area (Å²) in [7, 11) is -3.71. The molecule has 0 saturated heterocycles. The summed E-state index contributed by atoms with van der Waals surface area (Å²) in [5.41, 5.74) is 5.02. The summed E-state index contributed by atoms with van der Waals surface area (Å²) < 4.78 is 33.7. The number of benzene rings is 3. The molecule has 8 nitrogen and oxygen atoms in total. The standard InChI is InChI=1S/C26H25N5O3S/c1-17-3-5-20(6-4-17)28-25-15-18(2)27-26(30-25)29-21-7-9-22(10-8-21)31-35(32,33)23-11-12-24-19(16-23)13-14-34-24/h3-12,15-16,31H,13-14H2,1-2H3,(H2,27,28,29,30). The molecule has 0 radical (unpaired) electrons. The van der Waals surface area contributed by atoms with E-state index in [4.69, 9.17) is 4.74 Å². The van der Waals surface area contributed by atoms with Crippen LogP contribution in [-0.4, -0.2) is 25.0 Å². The van der Waals surface area contributed by atoms with Gasteiger partial charge in [0.1, 0.15) is 11.6 Å². The Kier molecular flexibility index (Phi) is 6.00. The van der Waals surface area contributed by atoms with Crippen LogP contribution >= 0.6 is 0 Å². The van der Waals surface area contributed by atoms with E-state index in [0.29, 0.717) is 30.5 Å². The molecule has 35 heavy (non-hydrogen) atoms. The van der Waals surface area contributed by atoms with Crippen LogP contribution in [-0.2, 0) is 16.4 Å². The van der Waals surface area contributed by atoms with Crippen molar-refractivity contribution in [1.82, 2.24) is 9.97 Å². The number of hydrogen-bond donors (Lipinski definition) is 3. The number of hydrogen-bond acceptors (Lipinski definition) is 7. The van der Waals surface area contributed by atoms with Gasteiger partial charge < -0.3 is 15.4 Å². The van der Waals surface area contributed by atoms with Gasteiger partial charge in [0, 0.05) is 35.2 Å². The molecule has 9 heteroatoms. The molecular formula is C26H25N5O3S. The highest BCUT2D eigenvalue weighted by atomic mass is 32.2. The molecule has 1 aliphatic heterocycles. The molecule has 5 rings (SSSR count). The predicted octanol–water partition coefficient (Wildman–Crippen LogP) is 5.32. The minimum Gasteiger partial charge on any atom is -0.493 e. The van der Waals surface area contributed by atoms with Crippen molar-refractivity contribution < 1.29 is 13.2 Å². The lowest BCUT2D eigenvalue weighted by molar-refractivity contribution is 0.356. The number of fused-ring (bicyclic) bond motifs is 1. The minimum atomic E-state index is -3.71. The Morgan fingerprint density at radius 2 is 1.49 bits per heavy atom. The molecule has 3 N–H and O–H groups in total. The predicted molar refractivity (Wildman–Crippen MR) is 137 cm³/mol. The number of rotatable bonds is 7. The van der Waals surface area contributed by atoms with Crippen molar-refractivity contribution in [3.05, 3.63) is 89.6 Å². The van der Waals surface area contributed by atoms with E-state index in [1.54, 1.807) is 42.5 Å². The zero-order chi connectivity index (χ0) is 24.4. The summed E-state index contributed by atoms with van der Waals surface area (Å²) in [5, 5.41) is 6.47. The lowest BCUT2D eigenvalue weighted by Gasteiger charge is -2.12. The topological polar surface area (TPSA) is 105 Å². The molecule has 2 heterocycles. The van der Waals surface area contributed by atoms with Gasteiger partial charge in [0.05, 0.1) is 11.5 Å². The second kappa shape index (κ2) is 9.27. The Hall–Kier alpha value is -4.11. The van der Waals surface area contributed by atoms with Crippen molar-refractivity contribution in [2.45, 2.75) is 25.2 Å². The Morgan fingerprint density at radius 3 is 2.26 bits per heavy atom. The summed E-state index contributed by atoms with van der Waals surface area (Å²) in [5.74, 6) is 1.86. The van der Waals surface area contributed by atoms with Gasteiger partial charge in [-0.25, -0.2) is 13.4 Å². The first-order chi connectivity index (χ1) is 16.8. The molecule has 0 unspecified atom stereocenters. The lowest BCUT2D eigenvalue weighted by atomic mass is 10.2. The third-order valence-electron chi connectivity index (χ3n) is 5.54. The summed E-state index contributed by atoms with van der Waals surface area (Å²) >= 11 is 0. The molecule has 0 bridgehead atoms. The Labute approximate surface area is 204 Å². The summed E-state index contributed by atoms with van der Waals surface area (Å²) in [4.78, 5) is 9.21. The van der Waals surface area contributed by atoms with Crippen molar-refractivity contribution in [2.24, 2.45) is 0 Å². The molecular weight excluding hydrogens is 462 g/mol. The van der Waals surface area contributed by atoms with Crippen LogP contribution in [0.5, 0.6) is 5.75 Å². The van der Waals surface area contributed by atoms with E-state index < -0.39 is 10.0 Å². The Morgan fingerprint density at radius 1 is 0.800 bits per heavy atom. The van der Waals surface area contributed by atoms with E-state index in [2.05, 4.69) is 25.3 Å². The summed E-state index contributed by atoms with van der Waals surface area (Å²) in [6, 6.07) is 21.8. The number of anilines is 5. The zero-order valence-electron chi connectivity index (χ0n) is 19.4. The van der Waals surface area contributed by atoms with Crippen LogP contribution in [0.3, 0.4) is 0 Å². The molecule has 0 fully saturated rings. The number of sulfonamides is 1. The maximum Gasteiger partial charge on any atom is 0.261 e. The lowest BCUT2D eigenvalue weighted by Crippen LogP contribution is -2.13. The third kappa shape index (κ3) is 5.36. The van der Waals surface area contributed by atoms with Crippen molar-refractivity contribution in [2.75, 3.05) is 22.0 Å². The van der Waals surface area contributed by atoms with Crippen molar-refractivity contribution in [3.63, 3.8) is 0 Å². The largest absolute Gasteiger partial charge is 0.493 e. The third-order valence-corrected chi connectivity index (χ3v) is 6.92. The van der Waals surface area contributed by atoms with Crippen LogP contribution in [0.4, 0.5) is 28.8 Å². The highest BCUT2D eigenvalue weighted by molar-refractivity contribution is 7.92. The van der Waals surface area contributed by atoms with Gasteiger partial charge in [0.15, 0.2) is 0 Å². The van der Waals surface area contributed by atoms with Crippen molar-refractivity contribution in [3.8, 4) is 5.75 Å². The van der Waals surface area contributed by atoms with E-state index >= 15 is 0 Å². The van der Waals surface area contributed by atoms with Crippen molar-refractivity contribution >= 4 is 38.9 Å². The fourth-order valence-corrected chi connectivity index (χ4v) is 4.88. The van der Waals surface area contributed by atoms with E-state index in [9.17, 15) is 8.42 Å². The van der Waals surface area contributed by atoms with Gasteiger partial charge in [-0.05, 0) is 74.0 Å². The second-order valence-electron chi connectivity index (χ2n) is 8.39. The van der Waals surface area contributed by atoms with Gasteiger partial charge in [-0.3, -0.25) is 4.72 Å². The first-order valence-electron chi connectivity index (χ1n) is 11.2. The van der Waals surface area contributed by atoms with Crippen LogP contribution in [0, 0.1) is 13.8 Å². The first kappa shape index (κ1) is 22.7. The normalized spacial score (nSPS) is 12.5. The molecule has 0 amide bonds. The molecule has 0 saturated carbocycles. The van der Waals surface area contributed by atoms with Crippen LogP contribution < -0.4 is 20.1 Å². The summed E-state index contributed by atoms with van der Waals surface area (Å²) in [6.07, 6.45) is 0.711. The number of nitrogens with zero attached hydrogens (tertiary/aromatic N) is 2. The van der Waals surface area contributed by atoms with Gasteiger partial charge in [0.2, 0.25) is 5.95 Å². The van der Waals surface area contributed by atoms with Gasteiger partial charge in [-0.2, -0.15) is 4.98 Å². The first-order valence-corrected chi connectivity index (χ1v) is 12.7. The SMILES string of the molecule is Cc1ccc(Nc2cc(C)nc(Nc3ccc(NS(=O)(=O)c4ccc5c(c4)CCO5)cc3)n2)cc1. The fourth-order valence-electron chi connectivity index (χ4n) is 3.77. The molecule has 0 atom stereocenters. The average Bonchev–Trinajstić information content (AvgIpc) is 3.29. The summed E-state index contributed by atoms with van der Waals surface area (Å²) in [6.45, 7) is 4.52. The van der Waals surface area contributed by atoms with E-state index in [0.717, 1.165) is 28.4 Å². The van der Waals surface area contributed by atoms with E-state index in [1.165, 1.54) is 5.56 Å². The zero-order valence-corrected chi connectivity index (χ0v) is 20.2. The highest BCUT2D eigenvalue weighted by Crippen LogP contribution is 2.29. The Bertz CT molecular complexity index is 1470. The van der Waals surface area contributed by atoms with Gasteiger partial charge in [0.25, 0.3) is 10.0 Å². The molecule has 0 aliphatic carbocycles. The highest BCUT2D eigenvalue weighted by Gasteiger charge is 2.19. The quantitative estimate of drug-likeness (QED) is 0.324. The van der Waals surface area contributed by atoms with Crippen LogP contribution in [0.25, 0.3) is 0 Å². The van der Waals surface area contributed by atoms with Gasteiger partial charge >= 0.3 is 0 Å². The minimum absolute atomic E-state index is 0.214. The van der Waals surface area contributed by atoms with Crippen LogP contribution in [0.1, 0.15) is 16.8 Å².